The number of thiol groups is 1. The zero-order valence-electron chi connectivity index (χ0n) is 7.72. The molecule has 0 saturated heterocycles. The van der Waals surface area contributed by atoms with Gasteiger partial charge in [0, 0.05) is 23.5 Å². The number of hydrogen-bond donors (Lipinski definition) is 1. The molecule has 70 valence electrons. The van der Waals surface area contributed by atoms with E-state index in [9.17, 15) is 0 Å². The van der Waals surface area contributed by atoms with E-state index in [1.807, 2.05) is 24.5 Å². The molecule has 1 aromatic carbocycles. The average molecular weight is 201 g/mol. The van der Waals surface area contributed by atoms with Crippen molar-refractivity contribution in [2.24, 2.45) is 0 Å². The van der Waals surface area contributed by atoms with E-state index in [0.29, 0.717) is 0 Å². The molecule has 1 aromatic heterocycles. The van der Waals surface area contributed by atoms with E-state index in [4.69, 9.17) is 0 Å². The van der Waals surface area contributed by atoms with Crippen molar-refractivity contribution in [3.63, 3.8) is 0 Å². The first-order valence-electron chi connectivity index (χ1n) is 4.52. The summed E-state index contributed by atoms with van der Waals surface area (Å²) in [7, 11) is 0. The highest BCUT2D eigenvalue weighted by molar-refractivity contribution is 7.80. The zero-order chi connectivity index (χ0) is 9.80. The Balaban J connectivity index is 2.59. The molecule has 0 saturated carbocycles. The Bertz CT molecular complexity index is 457. The summed E-state index contributed by atoms with van der Waals surface area (Å²) in [6.45, 7) is 0. The summed E-state index contributed by atoms with van der Waals surface area (Å²) in [5, 5.41) is 2.41. The van der Waals surface area contributed by atoms with Crippen LogP contribution in [0.4, 0.5) is 0 Å². The number of hydrogen-bond acceptors (Lipinski definition) is 2. The first kappa shape index (κ1) is 9.28. The molecule has 0 radical (unpaired) electrons. The Kier molecular flexibility index (Phi) is 2.84. The number of aromatic nitrogens is 1. The maximum Gasteiger partial charge on any atom is 0.0352 e. The predicted molar refractivity (Wildman–Crippen MR) is 64.6 cm³/mol. The SMILES string of the molecule is SCC=Cc1cccc2ccncc12. The fourth-order valence-corrected chi connectivity index (χ4v) is 1.57. The summed E-state index contributed by atoms with van der Waals surface area (Å²) in [5.74, 6) is 0.761. The maximum atomic E-state index is 4.14. The van der Waals surface area contributed by atoms with Crippen molar-refractivity contribution < 1.29 is 0 Å². The van der Waals surface area contributed by atoms with Crippen molar-refractivity contribution in [1.82, 2.24) is 4.98 Å². The van der Waals surface area contributed by atoms with E-state index in [2.05, 4.69) is 41.9 Å². The van der Waals surface area contributed by atoms with Gasteiger partial charge in [-0.25, -0.2) is 0 Å². The van der Waals surface area contributed by atoms with Gasteiger partial charge in [0.05, 0.1) is 0 Å². The first-order chi connectivity index (χ1) is 6.92. The van der Waals surface area contributed by atoms with Crippen LogP contribution in [0.2, 0.25) is 0 Å². The Morgan fingerprint density at radius 3 is 3.07 bits per heavy atom. The summed E-state index contributed by atoms with van der Waals surface area (Å²) in [5.41, 5.74) is 1.20. The van der Waals surface area contributed by atoms with Gasteiger partial charge in [-0.2, -0.15) is 12.6 Å². The van der Waals surface area contributed by atoms with Crippen LogP contribution in [0.25, 0.3) is 16.8 Å². The second-order valence-electron chi connectivity index (χ2n) is 3.03. The van der Waals surface area contributed by atoms with Crippen LogP contribution >= 0.6 is 12.6 Å². The van der Waals surface area contributed by atoms with Gasteiger partial charge >= 0.3 is 0 Å². The van der Waals surface area contributed by atoms with Crippen molar-refractivity contribution in [2.45, 2.75) is 0 Å². The average Bonchev–Trinajstić information content (AvgIpc) is 2.26. The third kappa shape index (κ3) is 1.80. The fourth-order valence-electron chi connectivity index (χ4n) is 1.46. The van der Waals surface area contributed by atoms with Crippen LogP contribution in [0.3, 0.4) is 0 Å². The van der Waals surface area contributed by atoms with Crippen molar-refractivity contribution in [1.29, 1.82) is 0 Å². The second kappa shape index (κ2) is 4.29. The van der Waals surface area contributed by atoms with Crippen LogP contribution < -0.4 is 0 Å². The Morgan fingerprint density at radius 2 is 2.21 bits per heavy atom. The van der Waals surface area contributed by atoms with Crippen molar-refractivity contribution >= 4 is 29.5 Å². The standard InChI is InChI=1S/C12H11NS/c14-8-2-5-10-3-1-4-11-6-7-13-9-12(10)11/h1-7,9,14H,8H2. The molecule has 2 rings (SSSR count). The molecule has 0 amide bonds. The monoisotopic (exact) mass is 201 g/mol. The molecule has 1 nitrogen and oxygen atoms in total. The van der Waals surface area contributed by atoms with Gasteiger partial charge in [0.15, 0.2) is 0 Å². The van der Waals surface area contributed by atoms with Gasteiger partial charge in [0.2, 0.25) is 0 Å². The lowest BCUT2D eigenvalue weighted by Gasteiger charge is -2.00. The fraction of sp³-hybridized carbons (Fsp3) is 0.0833. The summed E-state index contributed by atoms with van der Waals surface area (Å²) in [4.78, 5) is 4.13. The van der Waals surface area contributed by atoms with E-state index in [0.717, 1.165) is 5.75 Å². The van der Waals surface area contributed by atoms with Gasteiger partial charge < -0.3 is 0 Å². The van der Waals surface area contributed by atoms with Crippen molar-refractivity contribution in [3.8, 4) is 0 Å². The van der Waals surface area contributed by atoms with Gasteiger partial charge in [0.1, 0.15) is 0 Å². The third-order valence-corrected chi connectivity index (χ3v) is 2.33. The molecule has 0 aliphatic carbocycles. The molecule has 0 unspecified atom stereocenters. The number of benzene rings is 1. The minimum absolute atomic E-state index is 0.761. The summed E-state index contributed by atoms with van der Waals surface area (Å²) >= 11 is 4.14. The summed E-state index contributed by atoms with van der Waals surface area (Å²) in [6.07, 6.45) is 7.82. The topological polar surface area (TPSA) is 12.9 Å². The summed E-state index contributed by atoms with van der Waals surface area (Å²) < 4.78 is 0. The van der Waals surface area contributed by atoms with Crippen LogP contribution in [0, 0.1) is 0 Å². The number of rotatable bonds is 2. The van der Waals surface area contributed by atoms with Crippen LogP contribution in [0.15, 0.2) is 42.7 Å². The van der Waals surface area contributed by atoms with Crippen LogP contribution in [-0.2, 0) is 0 Å². The highest BCUT2D eigenvalue weighted by Crippen LogP contribution is 2.18. The molecular formula is C12H11NS. The first-order valence-corrected chi connectivity index (χ1v) is 5.15. The largest absolute Gasteiger partial charge is 0.264 e. The van der Waals surface area contributed by atoms with Gasteiger partial charge in [0.25, 0.3) is 0 Å². The maximum absolute atomic E-state index is 4.14. The molecule has 1 heterocycles. The van der Waals surface area contributed by atoms with E-state index in [1.54, 1.807) is 0 Å². The third-order valence-electron chi connectivity index (χ3n) is 2.12. The summed E-state index contributed by atoms with van der Waals surface area (Å²) in [6, 6.07) is 8.26. The van der Waals surface area contributed by atoms with Gasteiger partial charge in [-0.3, -0.25) is 4.98 Å². The Labute approximate surface area is 88.9 Å². The Morgan fingerprint density at radius 1 is 1.29 bits per heavy atom. The number of pyridine rings is 1. The highest BCUT2D eigenvalue weighted by Gasteiger charge is 1.95. The normalized spacial score (nSPS) is 11.2. The van der Waals surface area contributed by atoms with Crippen LogP contribution in [-0.4, -0.2) is 10.7 Å². The molecule has 0 atom stereocenters. The molecule has 0 bridgehead atoms. The van der Waals surface area contributed by atoms with E-state index in [1.165, 1.54) is 16.3 Å². The molecule has 0 spiro atoms. The smallest absolute Gasteiger partial charge is 0.0352 e. The highest BCUT2D eigenvalue weighted by atomic mass is 32.1. The van der Waals surface area contributed by atoms with Gasteiger partial charge in [-0.15, -0.1) is 0 Å². The molecule has 0 aliphatic rings. The number of fused-ring (bicyclic) bond motifs is 1. The minimum atomic E-state index is 0.761. The van der Waals surface area contributed by atoms with E-state index >= 15 is 0 Å². The van der Waals surface area contributed by atoms with Gasteiger partial charge in [-0.05, 0) is 17.0 Å². The molecule has 0 fully saturated rings. The molecular weight excluding hydrogens is 190 g/mol. The molecule has 14 heavy (non-hydrogen) atoms. The minimum Gasteiger partial charge on any atom is -0.264 e. The van der Waals surface area contributed by atoms with Crippen molar-refractivity contribution in [3.05, 3.63) is 48.3 Å². The predicted octanol–water partition coefficient (Wildman–Crippen LogP) is 3.18. The lowest BCUT2D eigenvalue weighted by molar-refractivity contribution is 1.36. The van der Waals surface area contributed by atoms with E-state index in [-0.39, 0.29) is 0 Å². The lowest BCUT2D eigenvalue weighted by Crippen LogP contribution is -1.79. The lowest BCUT2D eigenvalue weighted by atomic mass is 10.1. The van der Waals surface area contributed by atoms with Crippen molar-refractivity contribution in [2.75, 3.05) is 5.75 Å². The van der Waals surface area contributed by atoms with Crippen LogP contribution in [0.1, 0.15) is 5.56 Å². The number of nitrogens with zero attached hydrogens (tertiary/aromatic N) is 1. The van der Waals surface area contributed by atoms with E-state index < -0.39 is 0 Å². The molecule has 2 aromatic rings. The zero-order valence-corrected chi connectivity index (χ0v) is 8.61. The molecule has 0 aliphatic heterocycles. The molecule has 0 N–H and O–H groups in total. The quantitative estimate of drug-likeness (QED) is 0.736. The van der Waals surface area contributed by atoms with Crippen LogP contribution in [0.5, 0.6) is 0 Å². The Hall–Kier alpha value is -1.28. The molecule has 2 heteroatoms. The van der Waals surface area contributed by atoms with Gasteiger partial charge in [-0.1, -0.05) is 30.4 Å². The second-order valence-corrected chi connectivity index (χ2v) is 3.39.